The van der Waals surface area contributed by atoms with Crippen molar-refractivity contribution in [3.8, 4) is 0 Å². The summed E-state index contributed by atoms with van der Waals surface area (Å²) in [6.07, 6.45) is 4.44. The van der Waals surface area contributed by atoms with E-state index >= 15 is 0 Å². The molecule has 0 spiro atoms. The van der Waals surface area contributed by atoms with Gasteiger partial charge in [-0.25, -0.2) is 4.98 Å². The lowest BCUT2D eigenvalue weighted by atomic mass is 10.2. The molecule has 2 heterocycles. The van der Waals surface area contributed by atoms with E-state index in [1.165, 1.54) is 18.6 Å². The number of piperazine rings is 1. The van der Waals surface area contributed by atoms with E-state index in [-0.39, 0.29) is 11.8 Å². The van der Waals surface area contributed by atoms with Crippen LogP contribution in [0.5, 0.6) is 0 Å². The Labute approximate surface area is 133 Å². The second kappa shape index (κ2) is 6.87. The van der Waals surface area contributed by atoms with Crippen molar-refractivity contribution in [3.05, 3.63) is 54.1 Å². The second-order valence-corrected chi connectivity index (χ2v) is 5.21. The molecule has 1 aromatic heterocycles. The number of aromatic nitrogens is 2. The van der Waals surface area contributed by atoms with E-state index in [1.807, 2.05) is 29.2 Å². The maximum absolute atomic E-state index is 11.9. The Hall–Kier alpha value is -2.96. The molecule has 1 aliphatic heterocycles. The molecule has 2 aromatic rings. The number of amides is 2. The summed E-state index contributed by atoms with van der Waals surface area (Å²) in [6.45, 7) is 2.25. The fraction of sp³-hybridized carbons (Fsp3) is 0.250. The first-order valence-corrected chi connectivity index (χ1v) is 7.37. The molecule has 0 radical (unpaired) electrons. The van der Waals surface area contributed by atoms with Gasteiger partial charge >= 0.3 is 0 Å². The molecule has 7 nitrogen and oxygen atoms in total. The zero-order chi connectivity index (χ0) is 16.1. The predicted molar refractivity (Wildman–Crippen MR) is 84.9 cm³/mol. The number of carbonyl (C=O) groups excluding carboxylic acids is 2. The highest BCUT2D eigenvalue weighted by atomic mass is 16.2. The van der Waals surface area contributed by atoms with Crippen LogP contribution in [0.3, 0.4) is 0 Å². The molecule has 2 N–H and O–H groups in total. The van der Waals surface area contributed by atoms with Crippen LogP contribution in [0.2, 0.25) is 0 Å². The van der Waals surface area contributed by atoms with E-state index in [0.717, 1.165) is 17.8 Å². The van der Waals surface area contributed by atoms with E-state index in [0.29, 0.717) is 25.3 Å². The summed E-state index contributed by atoms with van der Waals surface area (Å²) >= 11 is 0. The third kappa shape index (κ3) is 3.82. The number of nitrogens with zero attached hydrogens (tertiary/aromatic N) is 3. The summed E-state index contributed by atoms with van der Waals surface area (Å²) in [5, 5.41) is 5.60. The van der Waals surface area contributed by atoms with Gasteiger partial charge in [0.25, 0.3) is 5.91 Å². The van der Waals surface area contributed by atoms with Crippen molar-refractivity contribution in [2.24, 2.45) is 0 Å². The molecule has 1 saturated heterocycles. The summed E-state index contributed by atoms with van der Waals surface area (Å²) in [5.41, 5.74) is 2.28. The maximum Gasteiger partial charge on any atom is 0.271 e. The number of hydrogen-bond donors (Lipinski definition) is 2. The van der Waals surface area contributed by atoms with Crippen LogP contribution in [0, 0.1) is 0 Å². The fourth-order valence-electron chi connectivity index (χ4n) is 2.37. The van der Waals surface area contributed by atoms with Crippen molar-refractivity contribution < 1.29 is 9.59 Å². The number of anilines is 1. The highest BCUT2D eigenvalue weighted by Crippen LogP contribution is 2.16. The number of rotatable bonds is 4. The number of nitrogens with one attached hydrogen (secondary N) is 2. The van der Waals surface area contributed by atoms with Gasteiger partial charge in [0.1, 0.15) is 5.69 Å². The van der Waals surface area contributed by atoms with Crippen molar-refractivity contribution in [1.29, 1.82) is 0 Å². The van der Waals surface area contributed by atoms with Gasteiger partial charge in [-0.3, -0.25) is 14.6 Å². The minimum absolute atomic E-state index is 0.0385. The van der Waals surface area contributed by atoms with Gasteiger partial charge in [-0.15, -0.1) is 0 Å². The molecular weight excluding hydrogens is 294 g/mol. The Morgan fingerprint density at radius 1 is 1.26 bits per heavy atom. The van der Waals surface area contributed by atoms with Crippen LogP contribution in [0.1, 0.15) is 16.1 Å². The fourth-order valence-corrected chi connectivity index (χ4v) is 2.37. The molecule has 23 heavy (non-hydrogen) atoms. The number of carbonyl (C=O) groups is 2. The molecule has 0 atom stereocenters. The largest absolute Gasteiger partial charge is 0.360 e. The van der Waals surface area contributed by atoms with Crippen LogP contribution in [0.15, 0.2) is 42.9 Å². The minimum atomic E-state index is -0.255. The average Bonchev–Trinajstić information content (AvgIpc) is 2.61. The van der Waals surface area contributed by atoms with Crippen molar-refractivity contribution in [2.75, 3.05) is 24.5 Å². The van der Waals surface area contributed by atoms with Crippen molar-refractivity contribution in [1.82, 2.24) is 20.6 Å². The van der Waals surface area contributed by atoms with Crippen LogP contribution in [-0.2, 0) is 11.3 Å². The van der Waals surface area contributed by atoms with Gasteiger partial charge in [-0.2, -0.15) is 0 Å². The lowest BCUT2D eigenvalue weighted by Crippen LogP contribution is -2.47. The molecule has 0 unspecified atom stereocenters. The van der Waals surface area contributed by atoms with Crippen LogP contribution in [0.25, 0.3) is 0 Å². The smallest absolute Gasteiger partial charge is 0.271 e. The molecule has 7 heteroatoms. The summed E-state index contributed by atoms with van der Waals surface area (Å²) in [6, 6.07) is 7.81. The normalized spacial score (nSPS) is 14.3. The zero-order valence-electron chi connectivity index (χ0n) is 12.5. The second-order valence-electron chi connectivity index (χ2n) is 5.21. The lowest BCUT2D eigenvalue weighted by Gasteiger charge is -2.28. The van der Waals surface area contributed by atoms with E-state index < -0.39 is 0 Å². The topological polar surface area (TPSA) is 87.2 Å². The van der Waals surface area contributed by atoms with Crippen LogP contribution in [-0.4, -0.2) is 41.4 Å². The van der Waals surface area contributed by atoms with Gasteiger partial charge in [0, 0.05) is 37.7 Å². The molecule has 118 valence electrons. The highest BCUT2D eigenvalue weighted by molar-refractivity contribution is 5.91. The van der Waals surface area contributed by atoms with E-state index in [4.69, 9.17) is 0 Å². The third-order valence-corrected chi connectivity index (χ3v) is 3.59. The first-order chi connectivity index (χ1) is 11.2. The Morgan fingerprint density at radius 2 is 2.09 bits per heavy atom. The summed E-state index contributed by atoms with van der Waals surface area (Å²) in [7, 11) is 0. The first kappa shape index (κ1) is 15.0. The highest BCUT2D eigenvalue weighted by Gasteiger charge is 2.16. The molecule has 2 amide bonds. The Bertz CT molecular complexity index is 687. The Morgan fingerprint density at radius 3 is 2.78 bits per heavy atom. The molecule has 0 bridgehead atoms. The first-order valence-electron chi connectivity index (χ1n) is 7.37. The quantitative estimate of drug-likeness (QED) is 0.850. The van der Waals surface area contributed by atoms with Gasteiger partial charge in [0.05, 0.1) is 12.7 Å². The monoisotopic (exact) mass is 311 g/mol. The van der Waals surface area contributed by atoms with Crippen molar-refractivity contribution in [2.45, 2.75) is 6.54 Å². The summed E-state index contributed by atoms with van der Waals surface area (Å²) < 4.78 is 0. The molecular formula is C16H17N5O2. The average molecular weight is 311 g/mol. The standard InChI is InChI=1S/C16H17N5O2/c22-15-11-21(8-7-19-15)13-3-1-12(2-4-13)9-20-16(23)14-10-17-5-6-18-14/h1-6,10H,7-9,11H2,(H,19,22)(H,20,23). The lowest BCUT2D eigenvalue weighted by molar-refractivity contribution is -0.120. The van der Waals surface area contributed by atoms with Crippen molar-refractivity contribution in [3.63, 3.8) is 0 Å². The summed E-state index contributed by atoms with van der Waals surface area (Å²) in [5.74, 6) is -0.216. The zero-order valence-corrected chi connectivity index (χ0v) is 12.5. The van der Waals surface area contributed by atoms with Crippen LogP contribution in [0.4, 0.5) is 5.69 Å². The molecule has 3 rings (SSSR count). The molecule has 1 fully saturated rings. The van der Waals surface area contributed by atoms with E-state index in [1.54, 1.807) is 0 Å². The molecule has 0 saturated carbocycles. The number of hydrogen-bond acceptors (Lipinski definition) is 5. The Kier molecular flexibility index (Phi) is 4.46. The van der Waals surface area contributed by atoms with Gasteiger partial charge in [-0.1, -0.05) is 12.1 Å². The van der Waals surface area contributed by atoms with Gasteiger partial charge in [0.15, 0.2) is 0 Å². The molecule has 1 aliphatic rings. The Balaban J connectivity index is 1.57. The predicted octanol–water partition coefficient (Wildman–Crippen LogP) is 0.343. The SMILES string of the molecule is O=C1CN(c2ccc(CNC(=O)c3cnccn3)cc2)CCN1. The number of benzene rings is 1. The van der Waals surface area contributed by atoms with Gasteiger partial charge in [-0.05, 0) is 17.7 Å². The van der Waals surface area contributed by atoms with E-state index in [2.05, 4.69) is 20.6 Å². The maximum atomic E-state index is 11.9. The third-order valence-electron chi connectivity index (χ3n) is 3.59. The minimum Gasteiger partial charge on any atom is -0.360 e. The van der Waals surface area contributed by atoms with E-state index in [9.17, 15) is 9.59 Å². The molecule has 0 aliphatic carbocycles. The van der Waals surface area contributed by atoms with Crippen LogP contribution < -0.4 is 15.5 Å². The molecule has 1 aromatic carbocycles. The van der Waals surface area contributed by atoms with Crippen LogP contribution >= 0.6 is 0 Å². The van der Waals surface area contributed by atoms with Gasteiger partial charge < -0.3 is 15.5 Å². The van der Waals surface area contributed by atoms with Gasteiger partial charge in [0.2, 0.25) is 5.91 Å². The van der Waals surface area contributed by atoms with Crippen molar-refractivity contribution >= 4 is 17.5 Å². The summed E-state index contributed by atoms with van der Waals surface area (Å²) in [4.78, 5) is 33.2.